The van der Waals surface area contributed by atoms with Crippen molar-refractivity contribution in [3.63, 3.8) is 0 Å². The topological polar surface area (TPSA) is 0 Å². The van der Waals surface area contributed by atoms with Gasteiger partial charge < -0.3 is 0 Å². The molecule has 10 heavy (non-hydrogen) atoms. The standard InChI is InChI=1S/C10H13/c1-2-4-6-8-10-9-7-5-3-1/h1-5H,6,8-10H2/b3-1-,4-2-,7-5?. The number of rotatable bonds is 0. The average Bonchev–Trinajstić information content (AvgIpc) is 2.01. The summed E-state index contributed by atoms with van der Waals surface area (Å²) in [5.74, 6) is 0. The predicted octanol–water partition coefficient (Wildman–Crippen LogP) is 3.03. The lowest BCUT2D eigenvalue weighted by Crippen LogP contribution is -1.73. The zero-order valence-electron chi connectivity index (χ0n) is 6.22. The molecule has 1 rings (SSSR count). The van der Waals surface area contributed by atoms with E-state index in [2.05, 4.69) is 24.3 Å². The Morgan fingerprint density at radius 3 is 3.00 bits per heavy atom. The highest BCUT2D eigenvalue weighted by atomic mass is 13.9. The summed E-state index contributed by atoms with van der Waals surface area (Å²) in [6.07, 6.45) is 18.5. The van der Waals surface area contributed by atoms with Gasteiger partial charge in [-0.25, -0.2) is 0 Å². The zero-order valence-corrected chi connectivity index (χ0v) is 6.22. The van der Waals surface area contributed by atoms with Crippen LogP contribution in [0.15, 0.2) is 30.4 Å². The van der Waals surface area contributed by atoms with Crippen LogP contribution in [0.4, 0.5) is 0 Å². The molecule has 1 aliphatic carbocycles. The Bertz CT molecular complexity index is 131. The van der Waals surface area contributed by atoms with Crippen LogP contribution in [0.25, 0.3) is 0 Å². The Morgan fingerprint density at radius 2 is 2.00 bits per heavy atom. The maximum Gasteiger partial charge on any atom is -0.0276 e. The van der Waals surface area contributed by atoms with E-state index in [1.165, 1.54) is 19.3 Å². The summed E-state index contributed by atoms with van der Waals surface area (Å²) < 4.78 is 0. The lowest BCUT2D eigenvalue weighted by molar-refractivity contribution is 0.753. The highest BCUT2D eigenvalue weighted by Crippen LogP contribution is 2.02. The third-order valence-electron chi connectivity index (χ3n) is 1.51. The van der Waals surface area contributed by atoms with Crippen LogP contribution >= 0.6 is 0 Å². The molecule has 0 N–H and O–H groups in total. The molecule has 0 nitrogen and oxygen atoms in total. The molecule has 0 heterocycles. The molecule has 53 valence electrons. The minimum absolute atomic E-state index is 1.11. The quantitative estimate of drug-likeness (QED) is 0.476. The van der Waals surface area contributed by atoms with Gasteiger partial charge in [-0.3, -0.25) is 0 Å². The Labute approximate surface area is 62.9 Å². The van der Waals surface area contributed by atoms with Gasteiger partial charge in [0.25, 0.3) is 0 Å². The molecule has 0 aromatic carbocycles. The SMILES string of the molecule is [C]1=C/C=C\C=C/CCCC\1. The summed E-state index contributed by atoms with van der Waals surface area (Å²) in [5.41, 5.74) is 0. The van der Waals surface area contributed by atoms with Crippen molar-refractivity contribution >= 4 is 0 Å². The van der Waals surface area contributed by atoms with E-state index < -0.39 is 0 Å². The van der Waals surface area contributed by atoms with Crippen molar-refractivity contribution in [3.8, 4) is 0 Å². The van der Waals surface area contributed by atoms with Gasteiger partial charge in [0.1, 0.15) is 0 Å². The fourth-order valence-corrected chi connectivity index (χ4v) is 0.935. The van der Waals surface area contributed by atoms with Crippen molar-refractivity contribution < 1.29 is 0 Å². The van der Waals surface area contributed by atoms with Gasteiger partial charge in [0.2, 0.25) is 0 Å². The summed E-state index contributed by atoms with van der Waals surface area (Å²) in [4.78, 5) is 0. The van der Waals surface area contributed by atoms with E-state index in [9.17, 15) is 0 Å². The normalized spacial score (nSPS) is 28.8. The van der Waals surface area contributed by atoms with Gasteiger partial charge in [0, 0.05) is 0 Å². The van der Waals surface area contributed by atoms with Gasteiger partial charge in [0.05, 0.1) is 0 Å². The molecule has 0 amide bonds. The van der Waals surface area contributed by atoms with E-state index in [1.807, 2.05) is 12.2 Å². The van der Waals surface area contributed by atoms with E-state index in [4.69, 9.17) is 0 Å². The highest BCUT2D eigenvalue weighted by molar-refractivity contribution is 5.09. The summed E-state index contributed by atoms with van der Waals surface area (Å²) >= 11 is 0. The van der Waals surface area contributed by atoms with E-state index in [0.717, 1.165) is 6.42 Å². The van der Waals surface area contributed by atoms with E-state index in [1.54, 1.807) is 0 Å². The lowest BCUT2D eigenvalue weighted by atomic mass is 10.1. The molecule has 0 spiro atoms. The second kappa shape index (κ2) is 5.04. The molecule has 0 saturated carbocycles. The number of hydrogen-bond donors (Lipinski definition) is 0. The zero-order chi connectivity index (χ0) is 7.07. The van der Waals surface area contributed by atoms with Crippen molar-refractivity contribution in [1.29, 1.82) is 0 Å². The number of allylic oxidation sites excluding steroid dienone is 6. The van der Waals surface area contributed by atoms with Gasteiger partial charge >= 0.3 is 0 Å². The molecule has 0 atom stereocenters. The molecular formula is C10H13. The summed E-state index contributed by atoms with van der Waals surface area (Å²) in [6.45, 7) is 0. The fraction of sp³-hybridized carbons (Fsp3) is 0.400. The minimum Gasteiger partial charge on any atom is -0.0845 e. The van der Waals surface area contributed by atoms with Crippen LogP contribution in [0.5, 0.6) is 0 Å². The molecule has 0 bridgehead atoms. The largest absolute Gasteiger partial charge is 0.0845 e. The molecule has 0 aromatic rings. The highest BCUT2D eigenvalue weighted by Gasteiger charge is 1.83. The number of hydrogen-bond acceptors (Lipinski definition) is 0. The van der Waals surface area contributed by atoms with Crippen molar-refractivity contribution in [1.82, 2.24) is 0 Å². The van der Waals surface area contributed by atoms with Crippen LogP contribution in [0.2, 0.25) is 0 Å². The van der Waals surface area contributed by atoms with E-state index >= 15 is 0 Å². The van der Waals surface area contributed by atoms with Gasteiger partial charge in [-0.2, -0.15) is 0 Å². The van der Waals surface area contributed by atoms with Crippen LogP contribution in [-0.4, -0.2) is 0 Å². The maximum absolute atomic E-state index is 3.21. The van der Waals surface area contributed by atoms with Crippen molar-refractivity contribution in [2.75, 3.05) is 0 Å². The second-order valence-corrected chi connectivity index (χ2v) is 2.43. The maximum atomic E-state index is 3.21. The van der Waals surface area contributed by atoms with E-state index in [0.29, 0.717) is 0 Å². The fourth-order valence-electron chi connectivity index (χ4n) is 0.935. The molecule has 1 aliphatic rings. The first kappa shape index (κ1) is 7.33. The minimum atomic E-state index is 1.11. The Morgan fingerprint density at radius 1 is 1.00 bits per heavy atom. The smallest absolute Gasteiger partial charge is 0.0276 e. The summed E-state index contributed by atoms with van der Waals surface area (Å²) in [7, 11) is 0. The monoisotopic (exact) mass is 133 g/mol. The predicted molar refractivity (Wildman–Crippen MR) is 44.6 cm³/mol. The summed E-state index contributed by atoms with van der Waals surface area (Å²) in [6, 6.07) is 0. The molecular weight excluding hydrogens is 120 g/mol. The van der Waals surface area contributed by atoms with Crippen LogP contribution in [0.3, 0.4) is 0 Å². The average molecular weight is 133 g/mol. The first-order chi connectivity index (χ1) is 5.00. The third kappa shape index (κ3) is 3.29. The van der Waals surface area contributed by atoms with Crippen molar-refractivity contribution in [2.45, 2.75) is 25.7 Å². The van der Waals surface area contributed by atoms with Crippen LogP contribution in [-0.2, 0) is 0 Å². The third-order valence-corrected chi connectivity index (χ3v) is 1.51. The molecule has 0 fully saturated rings. The first-order valence-electron chi connectivity index (χ1n) is 3.88. The molecule has 0 unspecified atom stereocenters. The molecule has 1 radical (unpaired) electrons. The lowest BCUT2D eigenvalue weighted by Gasteiger charge is -1.92. The van der Waals surface area contributed by atoms with Gasteiger partial charge in [-0.1, -0.05) is 30.4 Å². The second-order valence-electron chi connectivity index (χ2n) is 2.43. The Hall–Kier alpha value is -0.780. The molecule has 0 heteroatoms. The van der Waals surface area contributed by atoms with Crippen molar-refractivity contribution in [3.05, 3.63) is 36.5 Å². The van der Waals surface area contributed by atoms with Crippen LogP contribution < -0.4 is 0 Å². The molecule has 0 aliphatic heterocycles. The Kier molecular flexibility index (Phi) is 3.69. The summed E-state index contributed by atoms with van der Waals surface area (Å²) in [5, 5.41) is 0. The Balaban J connectivity index is 2.40. The van der Waals surface area contributed by atoms with Gasteiger partial charge in [-0.15, -0.1) is 0 Å². The van der Waals surface area contributed by atoms with E-state index in [-0.39, 0.29) is 0 Å². The van der Waals surface area contributed by atoms with Gasteiger partial charge in [0.15, 0.2) is 0 Å². The van der Waals surface area contributed by atoms with Crippen LogP contribution in [0, 0.1) is 6.08 Å². The van der Waals surface area contributed by atoms with Crippen molar-refractivity contribution in [2.24, 2.45) is 0 Å². The molecule has 0 aromatic heterocycles. The first-order valence-corrected chi connectivity index (χ1v) is 3.88. The van der Waals surface area contributed by atoms with Crippen LogP contribution in [0.1, 0.15) is 25.7 Å². The van der Waals surface area contributed by atoms with Gasteiger partial charge in [-0.05, 0) is 31.8 Å². The molecule has 0 saturated heterocycles.